The Kier molecular flexibility index (Phi) is 13.7. The monoisotopic (exact) mass is 693 g/mol. The minimum Gasteiger partial charge on any atom is -0.390 e. The van der Waals surface area contributed by atoms with Gasteiger partial charge in [-0.3, -0.25) is 15.0 Å². The van der Waals surface area contributed by atoms with Crippen molar-refractivity contribution in [1.29, 1.82) is 0 Å². The van der Waals surface area contributed by atoms with Crippen LogP contribution in [-0.4, -0.2) is 71.4 Å². The van der Waals surface area contributed by atoms with E-state index in [2.05, 4.69) is 15.7 Å². The lowest BCUT2D eigenvalue weighted by molar-refractivity contribution is -0.148. The molecular formula is C36H47N5O5S2. The molecule has 2 amide bonds. The molecule has 4 aromatic rings. The summed E-state index contributed by atoms with van der Waals surface area (Å²) >= 11 is 1.35. The number of aromatic nitrogens is 1. The molecule has 0 aliphatic heterocycles. The minimum absolute atomic E-state index is 0.0297. The van der Waals surface area contributed by atoms with E-state index in [0.717, 1.165) is 22.2 Å². The average Bonchev–Trinajstić information content (AvgIpc) is 3.55. The average molecular weight is 694 g/mol. The van der Waals surface area contributed by atoms with Crippen molar-refractivity contribution in [2.24, 2.45) is 11.8 Å². The van der Waals surface area contributed by atoms with Crippen LogP contribution in [-0.2, 0) is 32.6 Å². The van der Waals surface area contributed by atoms with Gasteiger partial charge in [0.25, 0.3) is 5.91 Å². The van der Waals surface area contributed by atoms with E-state index in [-0.39, 0.29) is 55.1 Å². The van der Waals surface area contributed by atoms with Crippen LogP contribution in [0.4, 0.5) is 0 Å². The molecule has 0 saturated heterocycles. The molecule has 1 aromatic heterocycles. The Bertz CT molecular complexity index is 1720. The predicted molar refractivity (Wildman–Crippen MR) is 190 cm³/mol. The minimum atomic E-state index is -4.05. The van der Waals surface area contributed by atoms with Crippen LogP contribution < -0.4 is 10.7 Å². The predicted octanol–water partition coefficient (Wildman–Crippen LogP) is 5.00. The highest BCUT2D eigenvalue weighted by atomic mass is 32.2. The smallest absolute Gasteiger partial charge is 0.252 e. The summed E-state index contributed by atoms with van der Waals surface area (Å²) in [5, 5.41) is 16.3. The van der Waals surface area contributed by atoms with Gasteiger partial charge in [-0.2, -0.15) is 4.31 Å². The first-order valence-electron chi connectivity index (χ1n) is 16.4. The fourth-order valence-corrected chi connectivity index (χ4v) is 7.81. The quantitative estimate of drug-likeness (QED) is 0.133. The zero-order valence-electron chi connectivity index (χ0n) is 28.1. The Morgan fingerprint density at radius 2 is 1.60 bits per heavy atom. The van der Waals surface area contributed by atoms with Gasteiger partial charge in [-0.05, 0) is 47.6 Å². The number of amides is 2. The molecule has 258 valence electrons. The molecule has 0 aliphatic carbocycles. The molecule has 0 fully saturated rings. The molecule has 0 spiro atoms. The van der Waals surface area contributed by atoms with Gasteiger partial charge in [0.05, 0.1) is 39.3 Å². The van der Waals surface area contributed by atoms with Crippen molar-refractivity contribution in [3.63, 3.8) is 0 Å². The first-order chi connectivity index (χ1) is 23.0. The van der Waals surface area contributed by atoms with Gasteiger partial charge in [0.1, 0.15) is 0 Å². The van der Waals surface area contributed by atoms with E-state index in [1.165, 1.54) is 26.7 Å². The summed E-state index contributed by atoms with van der Waals surface area (Å²) in [5.41, 5.74) is 7.00. The van der Waals surface area contributed by atoms with Crippen LogP contribution in [0.2, 0.25) is 0 Å². The van der Waals surface area contributed by atoms with Crippen molar-refractivity contribution in [3.8, 4) is 0 Å². The second-order valence-electron chi connectivity index (χ2n) is 12.6. The molecule has 1 unspecified atom stereocenters. The SMILES string of the molecule is CC[C@H](C)CC(=O)N(NC(=O)CNCc1ccccc1)C(Cc1ccccc1)[C@H](O)CN(CC(C)C)S(=O)(=O)c1ccc2ncsc2c1. The maximum Gasteiger partial charge on any atom is 0.252 e. The maximum atomic E-state index is 14.1. The van der Waals surface area contributed by atoms with Gasteiger partial charge in [0.15, 0.2) is 0 Å². The number of hydrogen-bond acceptors (Lipinski definition) is 8. The van der Waals surface area contributed by atoms with Gasteiger partial charge >= 0.3 is 0 Å². The van der Waals surface area contributed by atoms with E-state index in [0.29, 0.717) is 12.1 Å². The molecule has 0 aliphatic rings. The van der Waals surface area contributed by atoms with E-state index in [1.807, 2.05) is 88.4 Å². The number of carbonyl (C=O) groups is 2. The number of hydrazine groups is 1. The van der Waals surface area contributed by atoms with Crippen LogP contribution in [0.5, 0.6) is 0 Å². The number of aliphatic hydroxyl groups excluding tert-OH is 1. The highest BCUT2D eigenvalue weighted by Gasteiger charge is 2.36. The van der Waals surface area contributed by atoms with Crippen molar-refractivity contribution in [3.05, 3.63) is 95.5 Å². The third-order valence-electron chi connectivity index (χ3n) is 8.15. The van der Waals surface area contributed by atoms with Crippen molar-refractivity contribution in [2.45, 2.75) is 70.5 Å². The first-order valence-corrected chi connectivity index (χ1v) is 18.7. The van der Waals surface area contributed by atoms with Crippen molar-refractivity contribution in [1.82, 2.24) is 25.0 Å². The Labute approximate surface area is 288 Å². The van der Waals surface area contributed by atoms with Crippen LogP contribution in [0.3, 0.4) is 0 Å². The first kappa shape index (κ1) is 37.1. The highest BCUT2D eigenvalue weighted by Crippen LogP contribution is 2.26. The molecule has 3 N–H and O–H groups in total. The van der Waals surface area contributed by atoms with E-state index in [9.17, 15) is 23.1 Å². The molecule has 3 aromatic carbocycles. The molecular weight excluding hydrogens is 647 g/mol. The molecule has 10 nitrogen and oxygen atoms in total. The Morgan fingerprint density at radius 1 is 0.938 bits per heavy atom. The Balaban J connectivity index is 1.64. The number of nitrogens with one attached hydrogen (secondary N) is 2. The van der Waals surface area contributed by atoms with Gasteiger partial charge < -0.3 is 10.4 Å². The second kappa shape index (κ2) is 17.6. The van der Waals surface area contributed by atoms with E-state index in [4.69, 9.17) is 0 Å². The number of carbonyl (C=O) groups excluding carboxylic acids is 2. The fourth-order valence-electron chi connectivity index (χ4n) is 5.37. The molecule has 0 saturated carbocycles. The zero-order chi connectivity index (χ0) is 34.7. The number of nitrogens with zero attached hydrogens (tertiary/aromatic N) is 3. The third kappa shape index (κ3) is 10.4. The molecule has 3 atom stereocenters. The van der Waals surface area contributed by atoms with Crippen LogP contribution in [0.25, 0.3) is 10.2 Å². The Hall–Kier alpha value is -3.68. The third-order valence-corrected chi connectivity index (χ3v) is 10.8. The van der Waals surface area contributed by atoms with Crippen LogP contribution in [0.15, 0.2) is 89.3 Å². The summed E-state index contributed by atoms with van der Waals surface area (Å²) in [5.74, 6) is -0.819. The lowest BCUT2D eigenvalue weighted by Gasteiger charge is -2.37. The number of sulfonamides is 1. The topological polar surface area (TPSA) is 132 Å². The zero-order valence-corrected chi connectivity index (χ0v) is 29.7. The van der Waals surface area contributed by atoms with Crippen LogP contribution in [0.1, 0.15) is 51.7 Å². The van der Waals surface area contributed by atoms with Gasteiger partial charge in [-0.1, -0.05) is 94.8 Å². The standard InChI is InChI=1S/C36H47N5O5S2/c1-5-27(4)18-36(44)41(39-35(43)22-37-21-29-14-10-7-11-15-29)32(19-28-12-8-6-9-13-28)33(42)24-40(23-26(2)3)48(45,46)30-16-17-31-34(20-30)47-25-38-31/h6-17,20,25-27,32-33,37,42H,5,18-19,21-24H2,1-4H3,(H,39,43)/t27-,32?,33+/m0/s1. The van der Waals surface area contributed by atoms with E-state index >= 15 is 0 Å². The van der Waals surface area contributed by atoms with Gasteiger partial charge in [-0.25, -0.2) is 18.4 Å². The molecule has 1 heterocycles. The molecule has 4 rings (SSSR count). The van der Waals surface area contributed by atoms with Crippen molar-refractivity contribution >= 4 is 43.4 Å². The molecule has 48 heavy (non-hydrogen) atoms. The number of rotatable bonds is 17. The normalized spacial score (nSPS) is 13.8. The molecule has 0 radical (unpaired) electrons. The molecule has 12 heteroatoms. The van der Waals surface area contributed by atoms with Crippen LogP contribution in [0, 0.1) is 11.8 Å². The lowest BCUT2D eigenvalue weighted by Crippen LogP contribution is -2.60. The summed E-state index contributed by atoms with van der Waals surface area (Å²) in [7, 11) is -4.05. The number of aliphatic hydroxyl groups is 1. The fraction of sp³-hybridized carbons (Fsp3) is 0.417. The summed E-state index contributed by atoms with van der Waals surface area (Å²) in [6.45, 7) is 8.02. The largest absolute Gasteiger partial charge is 0.390 e. The van der Waals surface area contributed by atoms with Crippen LogP contribution >= 0.6 is 11.3 Å². The Morgan fingerprint density at radius 3 is 2.25 bits per heavy atom. The van der Waals surface area contributed by atoms with Crippen molar-refractivity contribution < 1.29 is 23.1 Å². The summed E-state index contributed by atoms with van der Waals surface area (Å²) in [6, 6.07) is 22.9. The summed E-state index contributed by atoms with van der Waals surface area (Å²) < 4.78 is 30.2. The van der Waals surface area contributed by atoms with Gasteiger partial charge in [0.2, 0.25) is 15.9 Å². The maximum absolute atomic E-state index is 14.1. The number of thiazole rings is 1. The summed E-state index contributed by atoms with van der Waals surface area (Å²) in [6.07, 6.45) is -0.254. The molecule has 0 bridgehead atoms. The summed E-state index contributed by atoms with van der Waals surface area (Å²) in [4.78, 5) is 31.6. The second-order valence-corrected chi connectivity index (χ2v) is 15.5. The van der Waals surface area contributed by atoms with Crippen molar-refractivity contribution in [2.75, 3.05) is 19.6 Å². The van der Waals surface area contributed by atoms with E-state index in [1.54, 1.807) is 17.6 Å². The lowest BCUT2D eigenvalue weighted by atomic mass is 9.98. The van der Waals surface area contributed by atoms with Gasteiger partial charge in [0, 0.05) is 26.1 Å². The highest BCUT2D eigenvalue weighted by molar-refractivity contribution is 7.89. The number of fused-ring (bicyclic) bond motifs is 1. The number of benzene rings is 3. The van der Waals surface area contributed by atoms with E-state index < -0.39 is 28.1 Å². The number of hydrogen-bond donors (Lipinski definition) is 3. The van der Waals surface area contributed by atoms with Gasteiger partial charge in [-0.15, -0.1) is 11.3 Å².